The molecule has 76 valence electrons. The highest BCUT2D eigenvalue weighted by Gasteiger charge is 2.03. The van der Waals surface area contributed by atoms with Gasteiger partial charge in [0.05, 0.1) is 4.47 Å². The van der Waals surface area contributed by atoms with E-state index >= 15 is 0 Å². The van der Waals surface area contributed by atoms with E-state index < -0.39 is 0 Å². The van der Waals surface area contributed by atoms with Crippen LogP contribution in [0.4, 0.5) is 5.69 Å². The fraction of sp³-hybridized carbons (Fsp3) is 0. The molecule has 0 fully saturated rings. The number of nitrogens with two attached hydrogens (primary N) is 1. The number of hydrogen-bond donors (Lipinski definition) is 1. The molecule has 2 aromatic rings. The lowest BCUT2D eigenvalue weighted by Crippen LogP contribution is -1.87. The van der Waals surface area contributed by atoms with Gasteiger partial charge in [0.25, 0.3) is 0 Å². The van der Waals surface area contributed by atoms with Crippen LogP contribution in [0.15, 0.2) is 51.2 Å². The van der Waals surface area contributed by atoms with E-state index in [1.165, 1.54) is 11.8 Å². The lowest BCUT2D eigenvalue weighted by Gasteiger charge is -2.02. The predicted molar refractivity (Wildman–Crippen MR) is 64.7 cm³/mol. The largest absolute Gasteiger partial charge is 0.399 e. The zero-order chi connectivity index (χ0) is 10.7. The van der Waals surface area contributed by atoms with Crippen LogP contribution in [-0.2, 0) is 0 Å². The fourth-order valence-corrected chi connectivity index (χ4v) is 2.31. The number of nitrogen functional groups attached to an aromatic ring is 1. The summed E-state index contributed by atoms with van der Waals surface area (Å²) in [5, 5.41) is 1.73. The molecule has 0 radical (unpaired) electrons. The average molecular weight is 282 g/mol. The number of nitrogens with zero attached hydrogens (tertiary/aromatic N) is 2. The molecule has 2 N–H and O–H groups in total. The van der Waals surface area contributed by atoms with Gasteiger partial charge in [-0.2, -0.15) is 0 Å². The summed E-state index contributed by atoms with van der Waals surface area (Å²) in [6, 6.07) is 7.41. The summed E-state index contributed by atoms with van der Waals surface area (Å²) in [4.78, 5) is 8.44. The molecule has 0 aliphatic heterocycles. The van der Waals surface area contributed by atoms with Gasteiger partial charge in [0, 0.05) is 18.1 Å². The maximum atomic E-state index is 5.66. The minimum absolute atomic E-state index is 0.708. The van der Waals surface area contributed by atoms with Crippen molar-refractivity contribution < 1.29 is 0 Å². The normalized spacial score (nSPS) is 10.2. The molecule has 5 heteroatoms. The molecular formula is C10H8BrN3S. The summed E-state index contributed by atoms with van der Waals surface area (Å²) >= 11 is 4.91. The fourth-order valence-electron chi connectivity index (χ4n) is 1.03. The third-order valence-electron chi connectivity index (χ3n) is 1.68. The first-order valence-corrected chi connectivity index (χ1v) is 5.86. The van der Waals surface area contributed by atoms with Gasteiger partial charge in [0.2, 0.25) is 0 Å². The Morgan fingerprint density at radius 3 is 2.80 bits per heavy atom. The van der Waals surface area contributed by atoms with E-state index in [9.17, 15) is 0 Å². The Hall–Kier alpha value is -1.07. The van der Waals surface area contributed by atoms with Crippen molar-refractivity contribution in [2.75, 3.05) is 5.73 Å². The van der Waals surface area contributed by atoms with E-state index in [0.29, 0.717) is 5.69 Å². The van der Waals surface area contributed by atoms with Gasteiger partial charge in [-0.25, -0.2) is 9.97 Å². The van der Waals surface area contributed by atoms with Crippen LogP contribution in [0, 0.1) is 0 Å². The number of anilines is 1. The van der Waals surface area contributed by atoms with Crippen LogP contribution in [0.2, 0.25) is 0 Å². The summed E-state index contributed by atoms with van der Waals surface area (Å²) in [6.45, 7) is 0. The molecule has 0 aliphatic carbocycles. The van der Waals surface area contributed by atoms with Crippen LogP contribution in [0.5, 0.6) is 0 Å². The van der Waals surface area contributed by atoms with Gasteiger partial charge in [0.15, 0.2) is 0 Å². The van der Waals surface area contributed by atoms with Crippen molar-refractivity contribution in [3.05, 3.63) is 41.1 Å². The highest BCUT2D eigenvalue weighted by Crippen LogP contribution is 2.30. The summed E-state index contributed by atoms with van der Waals surface area (Å²) in [6.07, 6.45) is 3.44. The standard InChI is InChI=1S/C10H8BrN3S/c11-8-2-1-4-14-10(8)15-9-6-7(12)3-5-13-9/h1-6H,(H2,12,13). The number of pyridine rings is 2. The SMILES string of the molecule is Nc1ccnc(Sc2ncccc2Br)c1. The summed E-state index contributed by atoms with van der Waals surface area (Å²) < 4.78 is 0.958. The summed E-state index contributed by atoms with van der Waals surface area (Å²) in [5.41, 5.74) is 6.37. The van der Waals surface area contributed by atoms with E-state index in [-0.39, 0.29) is 0 Å². The third kappa shape index (κ3) is 2.70. The Morgan fingerprint density at radius 1 is 1.20 bits per heavy atom. The second-order valence-electron chi connectivity index (χ2n) is 2.82. The lowest BCUT2D eigenvalue weighted by molar-refractivity contribution is 1.08. The zero-order valence-corrected chi connectivity index (χ0v) is 10.1. The van der Waals surface area contributed by atoms with Crippen molar-refractivity contribution in [1.29, 1.82) is 0 Å². The van der Waals surface area contributed by atoms with Crippen molar-refractivity contribution >= 4 is 33.4 Å². The first-order valence-electron chi connectivity index (χ1n) is 4.25. The Labute approximate surface area is 100 Å². The Morgan fingerprint density at radius 2 is 2.07 bits per heavy atom. The Kier molecular flexibility index (Phi) is 3.23. The van der Waals surface area contributed by atoms with Crippen LogP contribution in [0.3, 0.4) is 0 Å². The molecular weight excluding hydrogens is 274 g/mol. The van der Waals surface area contributed by atoms with Gasteiger partial charge in [-0.15, -0.1) is 0 Å². The summed E-state index contributed by atoms with van der Waals surface area (Å²) in [7, 11) is 0. The molecule has 0 saturated heterocycles. The molecule has 2 aromatic heterocycles. The minimum Gasteiger partial charge on any atom is -0.399 e. The van der Waals surface area contributed by atoms with Crippen molar-refractivity contribution in [1.82, 2.24) is 9.97 Å². The van der Waals surface area contributed by atoms with E-state index in [1.807, 2.05) is 18.2 Å². The van der Waals surface area contributed by atoms with E-state index in [0.717, 1.165) is 14.5 Å². The maximum absolute atomic E-state index is 5.66. The van der Waals surface area contributed by atoms with Crippen molar-refractivity contribution in [2.24, 2.45) is 0 Å². The minimum atomic E-state index is 0.708. The van der Waals surface area contributed by atoms with Crippen LogP contribution < -0.4 is 5.73 Å². The number of aromatic nitrogens is 2. The summed E-state index contributed by atoms with van der Waals surface area (Å²) in [5.74, 6) is 0. The zero-order valence-electron chi connectivity index (χ0n) is 7.72. The van der Waals surface area contributed by atoms with Crippen LogP contribution in [-0.4, -0.2) is 9.97 Å². The number of rotatable bonds is 2. The molecule has 0 atom stereocenters. The molecule has 0 bridgehead atoms. The molecule has 0 saturated carbocycles. The van der Waals surface area contributed by atoms with Gasteiger partial charge in [-0.3, -0.25) is 0 Å². The monoisotopic (exact) mass is 281 g/mol. The molecule has 0 unspecified atom stereocenters. The van der Waals surface area contributed by atoms with E-state index in [1.54, 1.807) is 18.5 Å². The first kappa shape index (κ1) is 10.4. The molecule has 15 heavy (non-hydrogen) atoms. The van der Waals surface area contributed by atoms with Crippen LogP contribution >= 0.6 is 27.7 Å². The van der Waals surface area contributed by atoms with E-state index in [2.05, 4.69) is 25.9 Å². The van der Waals surface area contributed by atoms with Gasteiger partial charge in [-0.1, -0.05) is 0 Å². The van der Waals surface area contributed by atoms with Crippen LogP contribution in [0.25, 0.3) is 0 Å². The Bertz CT molecular complexity index is 476. The second-order valence-corrected chi connectivity index (χ2v) is 4.68. The van der Waals surface area contributed by atoms with Gasteiger partial charge >= 0.3 is 0 Å². The van der Waals surface area contributed by atoms with Gasteiger partial charge in [-0.05, 0) is 52.0 Å². The van der Waals surface area contributed by atoms with Gasteiger partial charge < -0.3 is 5.73 Å². The second kappa shape index (κ2) is 4.63. The molecule has 0 aromatic carbocycles. The topological polar surface area (TPSA) is 51.8 Å². The Balaban J connectivity index is 2.26. The predicted octanol–water partition coefficient (Wildman–Crippen LogP) is 2.97. The maximum Gasteiger partial charge on any atom is 0.116 e. The third-order valence-corrected chi connectivity index (χ3v) is 3.54. The lowest BCUT2D eigenvalue weighted by atomic mass is 10.4. The molecule has 2 heterocycles. The van der Waals surface area contributed by atoms with E-state index in [4.69, 9.17) is 5.73 Å². The smallest absolute Gasteiger partial charge is 0.116 e. The average Bonchev–Trinajstić information content (AvgIpc) is 2.22. The van der Waals surface area contributed by atoms with Crippen molar-refractivity contribution in [2.45, 2.75) is 10.1 Å². The highest BCUT2D eigenvalue weighted by molar-refractivity contribution is 9.10. The highest BCUT2D eigenvalue weighted by atomic mass is 79.9. The molecule has 3 nitrogen and oxygen atoms in total. The number of hydrogen-bond acceptors (Lipinski definition) is 4. The molecule has 0 spiro atoms. The van der Waals surface area contributed by atoms with Crippen molar-refractivity contribution in [3.8, 4) is 0 Å². The van der Waals surface area contributed by atoms with Gasteiger partial charge in [0.1, 0.15) is 10.1 Å². The first-order chi connectivity index (χ1) is 7.25. The quantitative estimate of drug-likeness (QED) is 0.920. The number of halogens is 1. The molecule has 2 rings (SSSR count). The molecule has 0 amide bonds. The van der Waals surface area contributed by atoms with Crippen molar-refractivity contribution in [3.63, 3.8) is 0 Å². The molecule has 0 aliphatic rings. The van der Waals surface area contributed by atoms with Crippen LogP contribution in [0.1, 0.15) is 0 Å².